The van der Waals surface area contributed by atoms with Crippen molar-refractivity contribution in [2.24, 2.45) is 0 Å². The molecule has 0 saturated heterocycles. The molecular formula is C30H32IN3O5. The average Bonchev–Trinajstić information content (AvgIpc) is 2.95. The van der Waals surface area contributed by atoms with E-state index >= 15 is 0 Å². The SMILES string of the molecule is CCOC(CC1=[N+](C)N(c2ccccc2)c2c(n(-c3ccc(OC)cc3)c(=O)c3ccccc23)O1)OCC.[I-]. The molecule has 0 N–H and O–H groups in total. The molecule has 1 aliphatic rings. The number of aromatic nitrogens is 1. The fourth-order valence-corrected chi connectivity index (χ4v) is 4.74. The first-order valence-electron chi connectivity index (χ1n) is 12.7. The Morgan fingerprint density at radius 2 is 1.46 bits per heavy atom. The zero-order valence-corrected chi connectivity index (χ0v) is 24.6. The standard InChI is InChI=1S/C30H32N3O5.HI/c1-5-36-27(37-6-2)20-26-31(3)33(22-12-8-7-9-13-22)28-24-14-10-11-15-25(24)29(34)32(30(28)38-26)21-16-18-23(35-4)19-17-21;/h7-19,27H,5-6,20H2,1-4H3;1H/q+1;/p-1. The number of ether oxygens (including phenoxy) is 4. The number of hydrogen-bond donors (Lipinski definition) is 0. The second-order valence-electron chi connectivity index (χ2n) is 8.75. The molecule has 0 saturated carbocycles. The first-order chi connectivity index (χ1) is 18.6. The van der Waals surface area contributed by atoms with Gasteiger partial charge in [0.2, 0.25) is 5.88 Å². The Labute approximate surface area is 245 Å². The molecule has 0 fully saturated rings. The lowest BCUT2D eigenvalue weighted by molar-refractivity contribution is -0.512. The number of para-hydroxylation sites is 1. The van der Waals surface area contributed by atoms with Crippen LogP contribution in [-0.4, -0.2) is 48.8 Å². The predicted molar refractivity (Wildman–Crippen MR) is 148 cm³/mol. The maximum Gasteiger partial charge on any atom is 0.377 e. The Morgan fingerprint density at radius 3 is 2.08 bits per heavy atom. The monoisotopic (exact) mass is 641 g/mol. The number of hydrazone groups is 1. The topological polar surface area (TPSA) is 65.2 Å². The third-order valence-electron chi connectivity index (χ3n) is 6.49. The molecule has 4 aromatic rings. The van der Waals surface area contributed by atoms with Crippen molar-refractivity contribution in [1.82, 2.24) is 4.57 Å². The lowest BCUT2D eigenvalue weighted by atomic mass is 10.1. The summed E-state index contributed by atoms with van der Waals surface area (Å²) in [5.74, 6) is 1.71. The van der Waals surface area contributed by atoms with Crippen LogP contribution in [0.4, 0.5) is 11.4 Å². The van der Waals surface area contributed by atoms with Crippen LogP contribution in [0.1, 0.15) is 20.3 Å². The summed E-state index contributed by atoms with van der Waals surface area (Å²) in [4.78, 5) is 14.0. The van der Waals surface area contributed by atoms with Crippen molar-refractivity contribution in [3.63, 3.8) is 0 Å². The van der Waals surface area contributed by atoms with Gasteiger partial charge in [0.1, 0.15) is 17.9 Å². The third kappa shape index (κ3) is 5.52. The number of rotatable bonds is 9. The van der Waals surface area contributed by atoms with Gasteiger partial charge < -0.3 is 42.9 Å². The average molecular weight is 642 g/mol. The van der Waals surface area contributed by atoms with Gasteiger partial charge in [-0.3, -0.25) is 4.79 Å². The number of halogens is 1. The summed E-state index contributed by atoms with van der Waals surface area (Å²) in [6.07, 6.45) is -0.145. The zero-order valence-electron chi connectivity index (χ0n) is 22.5. The van der Waals surface area contributed by atoms with E-state index in [4.69, 9.17) is 18.9 Å². The summed E-state index contributed by atoms with van der Waals surface area (Å²) in [5.41, 5.74) is 2.18. The van der Waals surface area contributed by atoms with Crippen molar-refractivity contribution in [2.45, 2.75) is 26.6 Å². The molecule has 0 unspecified atom stereocenters. The molecule has 1 aromatic heterocycles. The third-order valence-corrected chi connectivity index (χ3v) is 6.49. The second-order valence-corrected chi connectivity index (χ2v) is 8.75. The Hall–Kier alpha value is -3.41. The molecule has 8 nitrogen and oxygen atoms in total. The van der Waals surface area contributed by atoms with E-state index in [2.05, 4.69) is 5.01 Å². The summed E-state index contributed by atoms with van der Waals surface area (Å²) in [7, 11) is 3.56. The lowest BCUT2D eigenvalue weighted by Gasteiger charge is -2.30. The number of benzene rings is 3. The van der Waals surface area contributed by atoms with Gasteiger partial charge in [-0.2, -0.15) is 0 Å². The van der Waals surface area contributed by atoms with Gasteiger partial charge in [0, 0.05) is 18.6 Å². The van der Waals surface area contributed by atoms with E-state index in [1.807, 2.05) is 104 Å². The van der Waals surface area contributed by atoms with Crippen LogP contribution in [0.25, 0.3) is 16.5 Å². The minimum Gasteiger partial charge on any atom is -1.00 e. The molecule has 0 radical (unpaired) electrons. The van der Waals surface area contributed by atoms with Crippen molar-refractivity contribution in [3.8, 4) is 17.3 Å². The van der Waals surface area contributed by atoms with Gasteiger partial charge in [-0.05, 0) is 56.3 Å². The van der Waals surface area contributed by atoms with Gasteiger partial charge in [0.15, 0.2) is 19.0 Å². The van der Waals surface area contributed by atoms with Gasteiger partial charge >= 0.3 is 5.90 Å². The van der Waals surface area contributed by atoms with Crippen molar-refractivity contribution in [3.05, 3.63) is 89.2 Å². The molecule has 0 bridgehead atoms. The van der Waals surface area contributed by atoms with E-state index in [0.29, 0.717) is 48.2 Å². The van der Waals surface area contributed by atoms with E-state index in [0.717, 1.165) is 16.8 Å². The van der Waals surface area contributed by atoms with Gasteiger partial charge in [-0.25, -0.2) is 4.57 Å². The fourth-order valence-electron chi connectivity index (χ4n) is 4.74. The number of hydrogen-bond acceptors (Lipinski definition) is 6. The van der Waals surface area contributed by atoms with Crippen LogP contribution in [0.15, 0.2) is 83.7 Å². The van der Waals surface area contributed by atoms with E-state index < -0.39 is 6.29 Å². The number of pyridine rings is 1. The highest BCUT2D eigenvalue weighted by Gasteiger charge is 2.39. The van der Waals surface area contributed by atoms with E-state index in [1.54, 1.807) is 11.7 Å². The van der Waals surface area contributed by atoms with Crippen LogP contribution in [0.2, 0.25) is 0 Å². The smallest absolute Gasteiger partial charge is 0.377 e. The molecule has 204 valence electrons. The summed E-state index contributed by atoms with van der Waals surface area (Å²) in [5, 5.41) is 3.45. The van der Waals surface area contributed by atoms with Crippen LogP contribution in [-0.2, 0) is 9.47 Å². The first-order valence-corrected chi connectivity index (χ1v) is 12.7. The Morgan fingerprint density at radius 1 is 0.846 bits per heavy atom. The predicted octanol–water partition coefficient (Wildman–Crippen LogP) is 2.28. The first kappa shape index (κ1) is 28.6. The van der Waals surface area contributed by atoms with Crippen molar-refractivity contribution < 1.29 is 47.6 Å². The van der Waals surface area contributed by atoms with Crippen molar-refractivity contribution in [2.75, 3.05) is 32.4 Å². The number of fused-ring (bicyclic) bond motifs is 3. The molecule has 5 rings (SSSR count). The maximum absolute atomic E-state index is 14.0. The molecule has 1 aliphatic heterocycles. The fraction of sp³-hybridized carbons (Fsp3) is 0.267. The number of hydrazine groups is 1. The van der Waals surface area contributed by atoms with Crippen LogP contribution in [0.3, 0.4) is 0 Å². The highest BCUT2D eigenvalue weighted by atomic mass is 127. The number of methoxy groups -OCH3 is 1. The molecule has 3 aromatic carbocycles. The molecule has 0 spiro atoms. The quantitative estimate of drug-likeness (QED) is 0.159. The van der Waals surface area contributed by atoms with Crippen molar-refractivity contribution >= 4 is 28.0 Å². The Kier molecular flexibility index (Phi) is 9.26. The Bertz CT molecular complexity index is 1510. The summed E-state index contributed by atoms with van der Waals surface area (Å²) < 4.78 is 27.2. The van der Waals surface area contributed by atoms with E-state index in [1.165, 1.54) is 0 Å². The van der Waals surface area contributed by atoms with Crippen LogP contribution in [0, 0.1) is 0 Å². The Balaban J connectivity index is 0.00000353. The van der Waals surface area contributed by atoms with Gasteiger partial charge in [-0.15, -0.1) is 5.01 Å². The molecule has 39 heavy (non-hydrogen) atoms. The summed E-state index contributed by atoms with van der Waals surface area (Å²) in [6, 6.07) is 25.0. The second kappa shape index (κ2) is 12.6. The zero-order chi connectivity index (χ0) is 26.6. The van der Waals surface area contributed by atoms with Crippen LogP contribution >= 0.6 is 0 Å². The molecule has 2 heterocycles. The van der Waals surface area contributed by atoms with Crippen LogP contribution < -0.4 is 44.0 Å². The number of anilines is 2. The minimum absolute atomic E-state index is 0. The lowest BCUT2D eigenvalue weighted by Crippen LogP contribution is -3.00. The van der Waals surface area contributed by atoms with Crippen LogP contribution in [0.5, 0.6) is 11.6 Å². The molecule has 0 atom stereocenters. The molecule has 9 heteroatoms. The molecule has 0 amide bonds. The number of nitrogens with zero attached hydrogens (tertiary/aromatic N) is 3. The molecule has 0 aliphatic carbocycles. The largest absolute Gasteiger partial charge is 1.00 e. The maximum atomic E-state index is 14.0. The normalized spacial score (nSPS) is 12.8. The highest BCUT2D eigenvalue weighted by molar-refractivity contribution is 5.99. The highest BCUT2D eigenvalue weighted by Crippen LogP contribution is 2.42. The van der Waals surface area contributed by atoms with Gasteiger partial charge in [-0.1, -0.05) is 41.1 Å². The van der Waals surface area contributed by atoms with E-state index in [9.17, 15) is 4.79 Å². The summed E-state index contributed by atoms with van der Waals surface area (Å²) >= 11 is 0. The van der Waals surface area contributed by atoms with Gasteiger partial charge in [0.05, 0.1) is 18.2 Å². The summed E-state index contributed by atoms with van der Waals surface area (Å²) in [6.45, 7) is 4.87. The van der Waals surface area contributed by atoms with E-state index in [-0.39, 0.29) is 29.5 Å². The minimum atomic E-state index is -0.497. The molecular weight excluding hydrogens is 609 g/mol. The van der Waals surface area contributed by atoms with Gasteiger partial charge in [0.25, 0.3) is 5.56 Å². The van der Waals surface area contributed by atoms with Crippen molar-refractivity contribution in [1.29, 1.82) is 0 Å².